The number of aromatic nitrogens is 2. The number of aliphatic hydroxyl groups excluding tert-OH is 1. The van der Waals surface area contributed by atoms with Crippen LogP contribution < -0.4 is 5.43 Å². The molecule has 0 aliphatic heterocycles. The van der Waals surface area contributed by atoms with Gasteiger partial charge in [0.05, 0.1) is 17.9 Å². The fourth-order valence-corrected chi connectivity index (χ4v) is 2.71. The Labute approximate surface area is 160 Å². The molecular formula is C19H22F3N3O3. The highest BCUT2D eigenvalue weighted by atomic mass is 19.4. The lowest BCUT2D eigenvalue weighted by Gasteiger charge is -2.21. The van der Waals surface area contributed by atoms with Crippen molar-refractivity contribution in [2.45, 2.75) is 32.9 Å². The molecule has 1 heterocycles. The van der Waals surface area contributed by atoms with E-state index < -0.39 is 28.8 Å². The topological polar surface area (TPSA) is 75.4 Å². The van der Waals surface area contributed by atoms with Crippen molar-refractivity contribution >= 4 is 5.91 Å². The van der Waals surface area contributed by atoms with Gasteiger partial charge in [-0.3, -0.25) is 9.59 Å². The van der Waals surface area contributed by atoms with Gasteiger partial charge in [-0.2, -0.15) is 18.3 Å². The van der Waals surface area contributed by atoms with Gasteiger partial charge in [0, 0.05) is 24.8 Å². The van der Waals surface area contributed by atoms with Crippen molar-refractivity contribution in [3.8, 4) is 5.69 Å². The van der Waals surface area contributed by atoms with Gasteiger partial charge in [0.1, 0.15) is 0 Å². The maximum absolute atomic E-state index is 13.0. The van der Waals surface area contributed by atoms with Crippen LogP contribution in [0.4, 0.5) is 13.2 Å². The molecule has 1 aromatic heterocycles. The van der Waals surface area contributed by atoms with Crippen LogP contribution in [-0.4, -0.2) is 45.4 Å². The zero-order chi connectivity index (χ0) is 20.9. The van der Waals surface area contributed by atoms with Gasteiger partial charge in [-0.25, -0.2) is 4.68 Å². The maximum Gasteiger partial charge on any atom is 0.416 e. The molecule has 9 heteroatoms. The highest BCUT2D eigenvalue weighted by molar-refractivity contribution is 5.92. The summed E-state index contributed by atoms with van der Waals surface area (Å²) in [6.45, 7) is 3.56. The van der Waals surface area contributed by atoms with Crippen LogP contribution in [0.5, 0.6) is 0 Å². The van der Waals surface area contributed by atoms with E-state index in [1.807, 2.05) is 6.92 Å². The summed E-state index contributed by atoms with van der Waals surface area (Å²) in [6, 6.07) is 5.65. The summed E-state index contributed by atoms with van der Waals surface area (Å²) in [4.78, 5) is 26.4. The molecule has 0 radical (unpaired) electrons. The normalized spacial score (nSPS) is 11.5. The second kappa shape index (κ2) is 9.01. The summed E-state index contributed by atoms with van der Waals surface area (Å²) < 4.78 is 40.1. The first-order valence-corrected chi connectivity index (χ1v) is 8.87. The molecule has 0 bridgehead atoms. The van der Waals surface area contributed by atoms with Crippen LogP contribution in [0.1, 0.15) is 41.5 Å². The molecule has 0 aliphatic carbocycles. The van der Waals surface area contributed by atoms with Crippen LogP contribution in [0.2, 0.25) is 0 Å². The van der Waals surface area contributed by atoms with Crippen molar-refractivity contribution in [2.24, 2.45) is 0 Å². The third kappa shape index (κ3) is 4.98. The molecule has 0 unspecified atom stereocenters. The molecule has 0 atom stereocenters. The number of unbranched alkanes of at least 4 members (excludes halogenated alkanes) is 1. The van der Waals surface area contributed by atoms with Crippen molar-refractivity contribution in [2.75, 3.05) is 19.7 Å². The van der Waals surface area contributed by atoms with Gasteiger partial charge in [-0.1, -0.05) is 19.4 Å². The number of hydrogen-bond acceptors (Lipinski definition) is 4. The Kier molecular flexibility index (Phi) is 6.95. The van der Waals surface area contributed by atoms with E-state index in [2.05, 4.69) is 5.10 Å². The number of benzene rings is 1. The summed E-state index contributed by atoms with van der Waals surface area (Å²) in [6.07, 6.45) is -3.04. The molecule has 28 heavy (non-hydrogen) atoms. The van der Waals surface area contributed by atoms with E-state index in [0.717, 1.165) is 29.3 Å². The van der Waals surface area contributed by atoms with Crippen molar-refractivity contribution in [3.05, 3.63) is 57.5 Å². The van der Waals surface area contributed by atoms with Crippen molar-refractivity contribution in [3.63, 3.8) is 0 Å². The molecular weight excluding hydrogens is 375 g/mol. The number of amides is 1. The number of aryl methyl sites for hydroxylation is 1. The first-order valence-electron chi connectivity index (χ1n) is 8.87. The second-order valence-electron chi connectivity index (χ2n) is 6.33. The van der Waals surface area contributed by atoms with Gasteiger partial charge in [0.15, 0.2) is 5.69 Å². The minimum Gasteiger partial charge on any atom is -0.395 e. The monoisotopic (exact) mass is 397 g/mol. The predicted molar refractivity (Wildman–Crippen MR) is 97.5 cm³/mol. The molecule has 1 N–H and O–H groups in total. The van der Waals surface area contributed by atoms with Crippen LogP contribution >= 0.6 is 0 Å². The second-order valence-corrected chi connectivity index (χ2v) is 6.33. The van der Waals surface area contributed by atoms with Crippen molar-refractivity contribution < 1.29 is 23.1 Å². The van der Waals surface area contributed by atoms with Gasteiger partial charge < -0.3 is 10.0 Å². The van der Waals surface area contributed by atoms with Crippen LogP contribution in [0.3, 0.4) is 0 Å². The fourth-order valence-electron chi connectivity index (χ4n) is 2.71. The molecule has 0 aliphatic rings. The summed E-state index contributed by atoms with van der Waals surface area (Å²) >= 11 is 0. The molecule has 6 nitrogen and oxygen atoms in total. The Morgan fingerprint density at radius 3 is 2.57 bits per heavy atom. The number of halogens is 3. The standard InChI is InChI=1S/C19H22F3N3O3/c1-3-4-8-24(9-10-26)18(28)17-16(27)11-13(2)25(23-17)15-7-5-6-14(12-15)19(20,21)22/h5-7,11-12,26H,3-4,8-10H2,1-2H3. The number of carbonyl (C=O) groups excluding carboxylic acids is 1. The Morgan fingerprint density at radius 1 is 1.25 bits per heavy atom. The molecule has 0 saturated heterocycles. The van der Waals surface area contributed by atoms with Crippen LogP contribution in [0.25, 0.3) is 5.69 Å². The molecule has 1 amide bonds. The highest BCUT2D eigenvalue weighted by Gasteiger charge is 2.30. The highest BCUT2D eigenvalue weighted by Crippen LogP contribution is 2.30. The van der Waals surface area contributed by atoms with Gasteiger partial charge in [0.2, 0.25) is 5.43 Å². The minimum atomic E-state index is -4.53. The molecule has 0 fully saturated rings. The van der Waals surface area contributed by atoms with Crippen LogP contribution in [0, 0.1) is 6.92 Å². The SMILES string of the molecule is CCCCN(CCO)C(=O)c1nn(-c2cccc(C(F)(F)F)c2)c(C)cc1=O. The third-order valence-electron chi connectivity index (χ3n) is 4.17. The van der Waals surface area contributed by atoms with Crippen LogP contribution in [-0.2, 0) is 6.18 Å². The van der Waals surface area contributed by atoms with Crippen molar-refractivity contribution in [1.29, 1.82) is 0 Å². The first-order chi connectivity index (χ1) is 13.2. The van der Waals surface area contributed by atoms with E-state index in [0.29, 0.717) is 18.7 Å². The van der Waals surface area contributed by atoms with E-state index in [9.17, 15) is 27.9 Å². The largest absolute Gasteiger partial charge is 0.416 e. The number of hydrogen-bond donors (Lipinski definition) is 1. The average molecular weight is 397 g/mol. The number of alkyl halides is 3. The molecule has 1 aromatic carbocycles. The Bertz CT molecular complexity index is 894. The van der Waals surface area contributed by atoms with E-state index in [4.69, 9.17) is 0 Å². The number of aliphatic hydroxyl groups is 1. The summed E-state index contributed by atoms with van der Waals surface area (Å²) in [5.41, 5.74) is -1.49. The predicted octanol–water partition coefficient (Wildman–Crippen LogP) is 2.79. The van der Waals surface area contributed by atoms with Gasteiger partial charge in [-0.05, 0) is 31.5 Å². The molecule has 2 rings (SSSR count). The smallest absolute Gasteiger partial charge is 0.395 e. The number of carbonyl (C=O) groups is 1. The lowest BCUT2D eigenvalue weighted by Crippen LogP contribution is -2.38. The maximum atomic E-state index is 13.0. The van der Waals surface area contributed by atoms with E-state index in [-0.39, 0.29) is 18.8 Å². The lowest BCUT2D eigenvalue weighted by atomic mass is 10.2. The van der Waals surface area contributed by atoms with Gasteiger partial charge in [-0.15, -0.1) is 0 Å². The number of nitrogens with zero attached hydrogens (tertiary/aromatic N) is 3. The van der Waals surface area contributed by atoms with E-state index in [1.54, 1.807) is 0 Å². The zero-order valence-corrected chi connectivity index (χ0v) is 15.7. The van der Waals surface area contributed by atoms with Gasteiger partial charge >= 0.3 is 6.18 Å². The Morgan fingerprint density at radius 2 is 1.96 bits per heavy atom. The van der Waals surface area contributed by atoms with Crippen LogP contribution in [0.15, 0.2) is 35.1 Å². The lowest BCUT2D eigenvalue weighted by molar-refractivity contribution is -0.137. The molecule has 152 valence electrons. The molecule has 0 saturated carbocycles. The minimum absolute atomic E-state index is 0.0391. The zero-order valence-electron chi connectivity index (χ0n) is 15.7. The van der Waals surface area contributed by atoms with Gasteiger partial charge in [0.25, 0.3) is 5.91 Å². The summed E-state index contributed by atoms with van der Waals surface area (Å²) in [5.74, 6) is -0.659. The summed E-state index contributed by atoms with van der Waals surface area (Å²) in [7, 11) is 0. The summed E-state index contributed by atoms with van der Waals surface area (Å²) in [5, 5.41) is 13.2. The number of rotatable bonds is 7. The van der Waals surface area contributed by atoms with Crippen molar-refractivity contribution in [1.82, 2.24) is 14.7 Å². The molecule has 2 aromatic rings. The third-order valence-corrected chi connectivity index (χ3v) is 4.17. The Balaban J connectivity index is 2.50. The average Bonchev–Trinajstić information content (AvgIpc) is 2.64. The molecule has 0 spiro atoms. The first kappa shape index (κ1) is 21.6. The quantitative estimate of drug-likeness (QED) is 0.780. The Hall–Kier alpha value is -2.68. The van der Waals surface area contributed by atoms with E-state index in [1.165, 1.54) is 24.0 Å². The fraction of sp³-hybridized carbons (Fsp3) is 0.421. The van der Waals surface area contributed by atoms with E-state index >= 15 is 0 Å².